The van der Waals surface area contributed by atoms with Crippen LogP contribution in [-0.2, 0) is 22.7 Å². The molecule has 7 heteroatoms. The summed E-state index contributed by atoms with van der Waals surface area (Å²) >= 11 is 9.64. The Balaban J connectivity index is 1.74. The number of rotatable bonds is 12. The molecule has 2 N–H and O–H groups in total. The van der Waals surface area contributed by atoms with Gasteiger partial charge in [-0.05, 0) is 47.4 Å². The first kappa shape index (κ1) is 30.2. The zero-order chi connectivity index (χ0) is 29.2. The minimum absolute atomic E-state index is 0.128. The van der Waals surface area contributed by atoms with Gasteiger partial charge >= 0.3 is 0 Å². The van der Waals surface area contributed by atoms with Crippen molar-refractivity contribution < 1.29 is 14.4 Å². The molecule has 2 atom stereocenters. The Morgan fingerprint density at radius 2 is 1.20 bits per heavy atom. The highest BCUT2D eigenvalue weighted by atomic mass is 79.9. The number of Topliss-reactive ketones (excluding diaryl/α,β-unsaturated/α-hetero) is 1. The van der Waals surface area contributed by atoms with E-state index in [-0.39, 0.29) is 18.9 Å². The molecule has 0 bridgehead atoms. The number of halogens is 2. The van der Waals surface area contributed by atoms with Crippen LogP contribution in [0.25, 0.3) is 0 Å². The molecule has 0 aromatic heterocycles. The summed E-state index contributed by atoms with van der Waals surface area (Å²) < 4.78 is 0.856. The van der Waals surface area contributed by atoms with Crippen LogP contribution in [0.5, 0.6) is 0 Å². The quantitative estimate of drug-likeness (QED) is 0.127. The Morgan fingerprint density at radius 3 is 1.66 bits per heavy atom. The molecule has 4 rings (SSSR count). The summed E-state index contributed by atoms with van der Waals surface area (Å²) in [5.41, 5.74) is 3.03. The highest BCUT2D eigenvalue weighted by molar-refractivity contribution is 9.10. The van der Waals surface area contributed by atoms with Crippen molar-refractivity contribution in [3.05, 3.63) is 141 Å². The predicted molar refractivity (Wildman–Crippen MR) is 167 cm³/mol. The van der Waals surface area contributed by atoms with Gasteiger partial charge in [0.15, 0.2) is 5.78 Å². The average Bonchev–Trinajstić information content (AvgIpc) is 3.00. The molecule has 0 aliphatic carbocycles. The van der Waals surface area contributed by atoms with Crippen LogP contribution in [0.3, 0.4) is 0 Å². The largest absolute Gasteiger partial charge is 0.351 e. The van der Waals surface area contributed by atoms with Crippen molar-refractivity contribution in [3.63, 3.8) is 0 Å². The Kier molecular flexibility index (Phi) is 10.9. The van der Waals surface area contributed by atoms with Crippen molar-refractivity contribution >= 4 is 45.1 Å². The molecule has 0 aliphatic heterocycles. The molecule has 2 amide bonds. The number of carbonyl (C=O) groups excluding carboxylic acids is 3. The summed E-state index contributed by atoms with van der Waals surface area (Å²) in [4.78, 5) is 41.9. The lowest BCUT2D eigenvalue weighted by atomic mass is 9.72. The minimum Gasteiger partial charge on any atom is -0.351 e. The molecule has 210 valence electrons. The number of carbonyl (C=O) groups is 3. The number of ketones is 1. The zero-order valence-corrected chi connectivity index (χ0v) is 25.1. The molecule has 4 aromatic rings. The maximum absolute atomic E-state index is 14.0. The second-order valence-corrected chi connectivity index (χ2v) is 11.2. The van der Waals surface area contributed by atoms with Crippen molar-refractivity contribution in [2.75, 3.05) is 0 Å². The summed E-state index contributed by atoms with van der Waals surface area (Å²) in [5.74, 6) is -3.57. The second kappa shape index (κ2) is 14.8. The van der Waals surface area contributed by atoms with E-state index in [2.05, 4.69) is 26.6 Å². The van der Waals surface area contributed by atoms with Crippen molar-refractivity contribution in [3.8, 4) is 0 Å². The first-order valence-corrected chi connectivity index (χ1v) is 14.7. The van der Waals surface area contributed by atoms with Gasteiger partial charge in [-0.15, -0.1) is 0 Å². The Bertz CT molecular complexity index is 1390. The third kappa shape index (κ3) is 8.15. The van der Waals surface area contributed by atoms with E-state index in [0.717, 1.165) is 15.6 Å². The monoisotopic (exact) mass is 630 g/mol. The maximum Gasteiger partial charge on any atom is 0.233 e. The average molecular weight is 632 g/mol. The lowest BCUT2D eigenvalue weighted by Gasteiger charge is -2.32. The van der Waals surface area contributed by atoms with Gasteiger partial charge in [-0.25, -0.2) is 0 Å². The van der Waals surface area contributed by atoms with Crippen LogP contribution in [0.4, 0.5) is 0 Å². The van der Waals surface area contributed by atoms with Gasteiger partial charge in [0.05, 0.1) is 0 Å². The van der Waals surface area contributed by atoms with Gasteiger partial charge < -0.3 is 10.6 Å². The van der Waals surface area contributed by atoms with Crippen LogP contribution in [-0.4, -0.2) is 17.6 Å². The van der Waals surface area contributed by atoms with Crippen molar-refractivity contribution in [2.24, 2.45) is 11.8 Å². The van der Waals surface area contributed by atoms with Crippen LogP contribution in [0.1, 0.15) is 46.3 Å². The molecule has 0 aliphatic rings. The summed E-state index contributed by atoms with van der Waals surface area (Å²) in [5, 5.41) is 6.45. The van der Waals surface area contributed by atoms with Gasteiger partial charge in [0.2, 0.25) is 11.8 Å². The number of benzene rings is 4. The van der Waals surface area contributed by atoms with Gasteiger partial charge in [-0.1, -0.05) is 119 Å². The van der Waals surface area contributed by atoms with Gasteiger partial charge in [0.1, 0.15) is 5.92 Å². The van der Waals surface area contributed by atoms with Gasteiger partial charge in [0.25, 0.3) is 0 Å². The van der Waals surface area contributed by atoms with Crippen LogP contribution < -0.4 is 10.6 Å². The van der Waals surface area contributed by atoms with E-state index in [1.165, 1.54) is 0 Å². The molecule has 0 saturated heterocycles. The topological polar surface area (TPSA) is 75.3 Å². The Morgan fingerprint density at radius 1 is 0.707 bits per heavy atom. The fraction of sp³-hybridized carbons (Fsp3) is 0.206. The van der Waals surface area contributed by atoms with Crippen LogP contribution >= 0.6 is 27.5 Å². The van der Waals surface area contributed by atoms with E-state index in [1.54, 1.807) is 36.4 Å². The van der Waals surface area contributed by atoms with Gasteiger partial charge in [0, 0.05) is 40.0 Å². The third-order valence-corrected chi connectivity index (χ3v) is 7.92. The smallest absolute Gasteiger partial charge is 0.233 e. The molecule has 0 spiro atoms. The highest BCUT2D eigenvalue weighted by Gasteiger charge is 2.42. The van der Waals surface area contributed by atoms with E-state index in [4.69, 9.17) is 11.6 Å². The molecule has 41 heavy (non-hydrogen) atoms. The number of hydrogen-bond acceptors (Lipinski definition) is 3. The van der Waals surface area contributed by atoms with Gasteiger partial charge in [-0.3, -0.25) is 14.4 Å². The normalized spacial score (nSPS) is 12.4. The molecular formula is C34H32BrClN2O3. The minimum atomic E-state index is -1.17. The Hall–Kier alpha value is -3.74. The SMILES string of the molecule is CC[C@H](C(=O)c1ccc(Br)cc1)[C@@H](c1ccc(Cl)cc1)C(C(=O)NCc1ccccc1)C(=O)NCc1ccccc1. The fourth-order valence-electron chi connectivity index (χ4n) is 5.01. The molecule has 0 heterocycles. The van der Waals surface area contributed by atoms with E-state index >= 15 is 0 Å². The number of hydrogen-bond donors (Lipinski definition) is 2. The summed E-state index contributed by atoms with van der Waals surface area (Å²) in [7, 11) is 0. The third-order valence-electron chi connectivity index (χ3n) is 7.14. The molecular weight excluding hydrogens is 600 g/mol. The van der Waals surface area contributed by atoms with Crippen LogP contribution in [0.15, 0.2) is 114 Å². The molecule has 0 saturated carbocycles. The van der Waals surface area contributed by atoms with Crippen molar-refractivity contribution in [2.45, 2.75) is 32.4 Å². The van der Waals surface area contributed by atoms with Crippen molar-refractivity contribution in [1.29, 1.82) is 0 Å². The fourth-order valence-corrected chi connectivity index (χ4v) is 5.40. The lowest BCUT2D eigenvalue weighted by molar-refractivity contribution is -0.137. The van der Waals surface area contributed by atoms with E-state index in [0.29, 0.717) is 22.6 Å². The first-order valence-electron chi connectivity index (χ1n) is 13.6. The molecule has 5 nitrogen and oxygen atoms in total. The maximum atomic E-state index is 14.0. The first-order chi connectivity index (χ1) is 19.9. The second-order valence-electron chi connectivity index (χ2n) is 9.85. The van der Waals surface area contributed by atoms with Gasteiger partial charge in [-0.2, -0.15) is 0 Å². The summed E-state index contributed by atoms with van der Waals surface area (Å²) in [6.45, 7) is 2.42. The van der Waals surface area contributed by atoms with E-state index < -0.39 is 29.6 Å². The predicted octanol–water partition coefficient (Wildman–Crippen LogP) is 7.34. The summed E-state index contributed by atoms with van der Waals surface area (Å²) in [6.07, 6.45) is 0.427. The highest BCUT2D eigenvalue weighted by Crippen LogP contribution is 2.38. The number of amides is 2. The standard InChI is InChI=1S/C34H32BrClN2O3/c1-2-29(32(39)26-13-17-27(35)18-14-26)30(25-15-19-28(36)20-16-25)31(33(40)37-21-23-9-5-3-6-10-23)34(41)38-22-24-11-7-4-8-12-24/h3-20,29-31H,2,21-22H2,1H3,(H,37,40)(H,38,41)/t29-,30+/m0/s1. The van der Waals surface area contributed by atoms with E-state index in [1.807, 2.05) is 79.7 Å². The lowest BCUT2D eigenvalue weighted by Crippen LogP contribution is -2.46. The molecule has 4 aromatic carbocycles. The zero-order valence-electron chi connectivity index (χ0n) is 22.7. The molecule has 0 radical (unpaired) electrons. The van der Waals surface area contributed by atoms with Crippen LogP contribution in [0.2, 0.25) is 5.02 Å². The molecule has 0 fully saturated rings. The van der Waals surface area contributed by atoms with E-state index in [9.17, 15) is 14.4 Å². The van der Waals surface area contributed by atoms with Crippen LogP contribution in [0, 0.1) is 11.8 Å². The number of nitrogens with one attached hydrogen (secondary N) is 2. The summed E-state index contributed by atoms with van der Waals surface area (Å²) in [6, 6.07) is 33.2. The molecule has 0 unspecified atom stereocenters. The van der Waals surface area contributed by atoms with Crippen molar-refractivity contribution in [1.82, 2.24) is 10.6 Å². The Labute approximate surface area is 254 Å².